The lowest BCUT2D eigenvalue weighted by Gasteiger charge is -2.24. The summed E-state index contributed by atoms with van der Waals surface area (Å²) in [6, 6.07) is 9.57. The summed E-state index contributed by atoms with van der Waals surface area (Å²) in [5.41, 5.74) is 0.0678. The largest absolute Gasteiger partial charge is 0.477 e. The van der Waals surface area contributed by atoms with E-state index in [9.17, 15) is 4.79 Å². The molecular weight excluding hydrogens is 256 g/mol. The molecule has 1 fully saturated rings. The molecule has 0 spiro atoms. The van der Waals surface area contributed by atoms with E-state index in [0.29, 0.717) is 5.82 Å². The fourth-order valence-electron chi connectivity index (χ4n) is 2.45. The zero-order valence-corrected chi connectivity index (χ0v) is 11.0. The molecule has 1 aliphatic rings. The van der Waals surface area contributed by atoms with Crippen LogP contribution >= 0.6 is 0 Å². The quantitative estimate of drug-likeness (QED) is 0.898. The van der Waals surface area contributed by atoms with E-state index < -0.39 is 5.97 Å². The van der Waals surface area contributed by atoms with Gasteiger partial charge in [0.25, 0.3) is 0 Å². The number of rotatable bonds is 3. The summed E-state index contributed by atoms with van der Waals surface area (Å²) in [5, 5.41) is 14.4. The molecule has 0 atom stereocenters. The molecule has 0 unspecified atom stereocenters. The van der Waals surface area contributed by atoms with Crippen molar-refractivity contribution in [3.63, 3.8) is 0 Å². The predicted molar refractivity (Wildman–Crippen MR) is 76.2 cm³/mol. The fourth-order valence-corrected chi connectivity index (χ4v) is 2.45. The van der Waals surface area contributed by atoms with Gasteiger partial charge < -0.3 is 15.2 Å². The van der Waals surface area contributed by atoms with E-state index in [2.05, 4.69) is 10.3 Å². The lowest BCUT2D eigenvalue weighted by Crippen LogP contribution is -2.28. The molecule has 0 bridgehead atoms. The summed E-state index contributed by atoms with van der Waals surface area (Å²) in [6.07, 6.45) is 1.82. The lowest BCUT2D eigenvalue weighted by atomic mass is 10.1. The molecule has 2 N–H and O–H groups in total. The summed E-state index contributed by atoms with van der Waals surface area (Å²) < 4.78 is 5.33. The van der Waals surface area contributed by atoms with Gasteiger partial charge in [0.1, 0.15) is 5.82 Å². The van der Waals surface area contributed by atoms with Gasteiger partial charge in [-0.2, -0.15) is 0 Å². The molecular formula is C15H16N2O3. The number of carboxylic acids is 1. The van der Waals surface area contributed by atoms with E-state index in [1.807, 2.05) is 24.3 Å². The van der Waals surface area contributed by atoms with Crippen molar-refractivity contribution in [1.82, 2.24) is 4.98 Å². The Hall–Kier alpha value is -2.14. The van der Waals surface area contributed by atoms with Crippen LogP contribution in [0.4, 0.5) is 5.82 Å². The number of aromatic carboxylic acids is 1. The molecule has 5 heteroatoms. The van der Waals surface area contributed by atoms with E-state index in [1.165, 1.54) is 0 Å². The average molecular weight is 272 g/mol. The molecule has 2 aromatic rings. The normalized spacial score (nSPS) is 16.2. The Morgan fingerprint density at radius 1 is 1.30 bits per heavy atom. The van der Waals surface area contributed by atoms with Crippen LogP contribution in [0.2, 0.25) is 0 Å². The van der Waals surface area contributed by atoms with Gasteiger partial charge in [-0.05, 0) is 24.3 Å². The number of carbonyl (C=O) groups is 1. The van der Waals surface area contributed by atoms with Gasteiger partial charge in [-0.1, -0.05) is 24.3 Å². The zero-order chi connectivity index (χ0) is 13.9. The average Bonchev–Trinajstić information content (AvgIpc) is 2.48. The van der Waals surface area contributed by atoms with E-state index in [1.54, 1.807) is 6.07 Å². The molecule has 3 rings (SSSR count). The first kappa shape index (κ1) is 12.9. The monoisotopic (exact) mass is 272 g/mol. The number of pyridine rings is 1. The third-order valence-electron chi connectivity index (χ3n) is 3.52. The summed E-state index contributed by atoms with van der Waals surface area (Å²) in [5.74, 6) is -0.363. The van der Waals surface area contributed by atoms with Crippen molar-refractivity contribution < 1.29 is 14.6 Å². The minimum atomic E-state index is -1.01. The van der Waals surface area contributed by atoms with Crippen molar-refractivity contribution in [1.29, 1.82) is 0 Å². The molecule has 104 valence electrons. The minimum Gasteiger partial charge on any atom is -0.477 e. The number of nitrogens with zero attached hydrogens (tertiary/aromatic N) is 1. The van der Waals surface area contributed by atoms with Crippen LogP contribution in [0.5, 0.6) is 0 Å². The highest BCUT2D eigenvalue weighted by molar-refractivity contribution is 5.97. The first-order valence-corrected chi connectivity index (χ1v) is 6.71. The van der Waals surface area contributed by atoms with Gasteiger partial charge in [0, 0.05) is 24.6 Å². The van der Waals surface area contributed by atoms with Gasteiger partial charge in [0.15, 0.2) is 5.69 Å². The molecule has 5 nitrogen and oxygen atoms in total. The standard InChI is InChI=1S/C15H16N2O3/c18-15(19)13-9-10-3-1-2-4-12(10)14(17-13)16-11-5-7-20-8-6-11/h1-4,9,11H,5-8H2,(H,16,17)(H,18,19). The molecule has 0 saturated carbocycles. The van der Waals surface area contributed by atoms with E-state index >= 15 is 0 Å². The molecule has 0 amide bonds. The summed E-state index contributed by atoms with van der Waals surface area (Å²) >= 11 is 0. The Balaban J connectivity index is 2.00. The number of aromatic nitrogens is 1. The van der Waals surface area contributed by atoms with Gasteiger partial charge in [0.05, 0.1) is 0 Å². The predicted octanol–water partition coefficient (Wildman–Crippen LogP) is 2.52. The Morgan fingerprint density at radius 2 is 2.05 bits per heavy atom. The van der Waals surface area contributed by atoms with E-state index in [-0.39, 0.29) is 11.7 Å². The van der Waals surface area contributed by atoms with Crippen molar-refractivity contribution in [2.24, 2.45) is 0 Å². The third-order valence-corrected chi connectivity index (χ3v) is 3.52. The molecule has 20 heavy (non-hydrogen) atoms. The summed E-state index contributed by atoms with van der Waals surface area (Å²) in [4.78, 5) is 15.4. The number of hydrogen-bond acceptors (Lipinski definition) is 4. The zero-order valence-electron chi connectivity index (χ0n) is 11.0. The number of ether oxygens (including phenoxy) is 1. The highest BCUT2D eigenvalue weighted by Gasteiger charge is 2.17. The molecule has 1 aromatic carbocycles. The SMILES string of the molecule is O=C(O)c1cc2ccccc2c(NC2CCOCC2)n1. The van der Waals surface area contributed by atoms with Crippen LogP contribution in [-0.2, 0) is 4.74 Å². The van der Waals surface area contributed by atoms with Crippen LogP contribution < -0.4 is 5.32 Å². The second-order valence-electron chi connectivity index (χ2n) is 4.91. The van der Waals surface area contributed by atoms with E-state index in [0.717, 1.165) is 36.8 Å². The number of carboxylic acid groups (broad SMARTS) is 1. The smallest absolute Gasteiger partial charge is 0.354 e. The van der Waals surface area contributed by atoms with Gasteiger partial charge >= 0.3 is 5.97 Å². The van der Waals surface area contributed by atoms with Crippen molar-refractivity contribution >= 4 is 22.6 Å². The number of hydrogen-bond donors (Lipinski definition) is 2. The first-order valence-electron chi connectivity index (χ1n) is 6.71. The maximum atomic E-state index is 11.2. The maximum absolute atomic E-state index is 11.2. The molecule has 1 saturated heterocycles. The number of nitrogens with one attached hydrogen (secondary N) is 1. The molecule has 0 radical (unpaired) electrons. The maximum Gasteiger partial charge on any atom is 0.354 e. The molecule has 2 heterocycles. The van der Waals surface area contributed by atoms with Crippen molar-refractivity contribution in [3.05, 3.63) is 36.0 Å². The second kappa shape index (κ2) is 5.46. The van der Waals surface area contributed by atoms with Crippen LogP contribution in [0.15, 0.2) is 30.3 Å². The number of benzene rings is 1. The highest BCUT2D eigenvalue weighted by Crippen LogP contribution is 2.24. The molecule has 1 aliphatic heterocycles. The third kappa shape index (κ3) is 2.58. The molecule has 0 aliphatic carbocycles. The van der Waals surface area contributed by atoms with Crippen LogP contribution in [-0.4, -0.2) is 35.3 Å². The Labute approximate surface area is 116 Å². The van der Waals surface area contributed by atoms with Gasteiger partial charge in [-0.15, -0.1) is 0 Å². The van der Waals surface area contributed by atoms with Crippen molar-refractivity contribution in [2.75, 3.05) is 18.5 Å². The van der Waals surface area contributed by atoms with Crippen molar-refractivity contribution in [2.45, 2.75) is 18.9 Å². The van der Waals surface area contributed by atoms with Gasteiger partial charge in [-0.3, -0.25) is 0 Å². The Morgan fingerprint density at radius 3 is 2.80 bits per heavy atom. The molecule has 1 aromatic heterocycles. The van der Waals surface area contributed by atoms with Gasteiger partial charge in [-0.25, -0.2) is 9.78 Å². The Bertz CT molecular complexity index is 636. The van der Waals surface area contributed by atoms with Gasteiger partial charge in [0.2, 0.25) is 0 Å². The number of fused-ring (bicyclic) bond motifs is 1. The van der Waals surface area contributed by atoms with Crippen LogP contribution in [0, 0.1) is 0 Å². The minimum absolute atomic E-state index is 0.0678. The second-order valence-corrected chi connectivity index (χ2v) is 4.91. The Kier molecular flexibility index (Phi) is 3.52. The van der Waals surface area contributed by atoms with Crippen LogP contribution in [0.25, 0.3) is 10.8 Å². The number of anilines is 1. The van der Waals surface area contributed by atoms with E-state index in [4.69, 9.17) is 9.84 Å². The summed E-state index contributed by atoms with van der Waals surface area (Å²) in [6.45, 7) is 1.46. The fraction of sp³-hybridized carbons (Fsp3) is 0.333. The topological polar surface area (TPSA) is 71.5 Å². The first-order chi connectivity index (χ1) is 9.74. The lowest BCUT2D eigenvalue weighted by molar-refractivity contribution is 0.0690. The van der Waals surface area contributed by atoms with Crippen molar-refractivity contribution in [3.8, 4) is 0 Å². The van der Waals surface area contributed by atoms with Crippen LogP contribution in [0.3, 0.4) is 0 Å². The highest BCUT2D eigenvalue weighted by atomic mass is 16.5. The summed E-state index contributed by atoms with van der Waals surface area (Å²) in [7, 11) is 0. The van der Waals surface area contributed by atoms with Crippen LogP contribution in [0.1, 0.15) is 23.3 Å².